The number of halogens is 1. The number of allylic oxidation sites excluding steroid dienone is 1. The SMILES string of the molecule is CC(C(=O)O)C1CCC2(C)C=CC(=O)C(C)(Cl)C2(O)C1=O. The van der Waals surface area contributed by atoms with Gasteiger partial charge in [-0.15, -0.1) is 11.6 Å². The molecule has 0 aromatic rings. The molecule has 2 aliphatic rings. The number of alkyl halides is 1. The smallest absolute Gasteiger partial charge is 0.306 e. The van der Waals surface area contributed by atoms with Crippen LogP contribution in [0, 0.1) is 17.3 Å². The van der Waals surface area contributed by atoms with Gasteiger partial charge in [-0.1, -0.05) is 19.9 Å². The molecule has 2 aliphatic carbocycles. The Labute approximate surface area is 128 Å². The van der Waals surface area contributed by atoms with E-state index in [0.29, 0.717) is 12.8 Å². The lowest BCUT2D eigenvalue weighted by atomic mass is 9.52. The number of rotatable bonds is 2. The van der Waals surface area contributed by atoms with Gasteiger partial charge < -0.3 is 10.2 Å². The molecule has 0 spiro atoms. The predicted octanol–water partition coefficient (Wildman–Crippen LogP) is 1.56. The zero-order chi connectivity index (χ0) is 16.2. The molecule has 116 valence electrons. The molecule has 1 saturated carbocycles. The van der Waals surface area contributed by atoms with Crippen molar-refractivity contribution in [3.8, 4) is 0 Å². The zero-order valence-electron chi connectivity index (χ0n) is 12.2. The Kier molecular flexibility index (Phi) is 3.58. The number of aliphatic hydroxyl groups is 1. The van der Waals surface area contributed by atoms with Crippen molar-refractivity contribution in [1.82, 2.24) is 0 Å². The van der Waals surface area contributed by atoms with Crippen LogP contribution in [0.15, 0.2) is 12.2 Å². The summed E-state index contributed by atoms with van der Waals surface area (Å²) in [7, 11) is 0. The van der Waals surface area contributed by atoms with Crippen LogP contribution in [0.4, 0.5) is 0 Å². The van der Waals surface area contributed by atoms with Crippen molar-refractivity contribution in [3.05, 3.63) is 12.2 Å². The Balaban J connectivity index is 2.56. The quantitative estimate of drug-likeness (QED) is 0.755. The topological polar surface area (TPSA) is 91.7 Å². The summed E-state index contributed by atoms with van der Waals surface area (Å²) in [6.45, 7) is 4.43. The molecule has 0 heterocycles. The number of carboxylic acids is 1. The number of hydrogen-bond donors (Lipinski definition) is 2. The first kappa shape index (κ1) is 16.2. The fourth-order valence-electron chi connectivity index (χ4n) is 3.53. The number of fused-ring (bicyclic) bond motifs is 1. The van der Waals surface area contributed by atoms with Crippen LogP contribution in [0.25, 0.3) is 0 Å². The van der Waals surface area contributed by atoms with Gasteiger partial charge in [-0.2, -0.15) is 0 Å². The van der Waals surface area contributed by atoms with Crippen LogP contribution >= 0.6 is 11.6 Å². The van der Waals surface area contributed by atoms with Gasteiger partial charge >= 0.3 is 5.97 Å². The molecule has 5 unspecified atom stereocenters. The molecule has 0 saturated heterocycles. The van der Waals surface area contributed by atoms with Gasteiger partial charge in [0.25, 0.3) is 0 Å². The number of ketones is 2. The summed E-state index contributed by atoms with van der Waals surface area (Å²) >= 11 is 6.25. The summed E-state index contributed by atoms with van der Waals surface area (Å²) in [6, 6.07) is 0. The first-order valence-electron chi connectivity index (χ1n) is 6.91. The molecule has 5 nitrogen and oxygen atoms in total. The summed E-state index contributed by atoms with van der Waals surface area (Å²) in [5.41, 5.74) is -3.07. The van der Waals surface area contributed by atoms with Gasteiger partial charge in [-0.05, 0) is 25.8 Å². The van der Waals surface area contributed by atoms with Gasteiger partial charge in [0.15, 0.2) is 17.2 Å². The van der Waals surface area contributed by atoms with Crippen molar-refractivity contribution in [2.75, 3.05) is 0 Å². The average Bonchev–Trinajstić information content (AvgIpc) is 2.40. The van der Waals surface area contributed by atoms with Crippen LogP contribution in [0.5, 0.6) is 0 Å². The van der Waals surface area contributed by atoms with E-state index in [0.717, 1.165) is 0 Å². The summed E-state index contributed by atoms with van der Waals surface area (Å²) in [6.07, 6.45) is 3.56. The lowest BCUT2D eigenvalue weighted by Crippen LogP contribution is -2.71. The van der Waals surface area contributed by atoms with Gasteiger partial charge in [-0.25, -0.2) is 0 Å². The van der Waals surface area contributed by atoms with Gasteiger partial charge in [0, 0.05) is 11.3 Å². The van der Waals surface area contributed by atoms with E-state index in [1.807, 2.05) is 0 Å². The second-order valence-electron chi connectivity index (χ2n) is 6.46. The molecule has 0 bridgehead atoms. The van der Waals surface area contributed by atoms with Crippen molar-refractivity contribution < 1.29 is 24.6 Å². The summed E-state index contributed by atoms with van der Waals surface area (Å²) in [5.74, 6) is -4.07. The largest absolute Gasteiger partial charge is 0.481 e. The Bertz CT molecular complexity index is 552. The maximum Gasteiger partial charge on any atom is 0.306 e. The van der Waals surface area contributed by atoms with Crippen molar-refractivity contribution >= 4 is 29.1 Å². The van der Waals surface area contributed by atoms with E-state index in [4.69, 9.17) is 16.7 Å². The van der Waals surface area contributed by atoms with Gasteiger partial charge in [0.1, 0.15) is 4.87 Å². The number of aliphatic carboxylic acids is 1. The van der Waals surface area contributed by atoms with Crippen LogP contribution in [-0.2, 0) is 14.4 Å². The first-order valence-corrected chi connectivity index (χ1v) is 7.29. The van der Waals surface area contributed by atoms with Gasteiger partial charge in [0.05, 0.1) is 5.92 Å². The highest BCUT2D eigenvalue weighted by atomic mass is 35.5. The monoisotopic (exact) mass is 314 g/mol. The van der Waals surface area contributed by atoms with E-state index in [1.54, 1.807) is 6.92 Å². The average molecular weight is 315 g/mol. The second kappa shape index (κ2) is 4.65. The molecule has 21 heavy (non-hydrogen) atoms. The minimum Gasteiger partial charge on any atom is -0.481 e. The molecular formula is C15H19ClO5. The van der Waals surface area contributed by atoms with E-state index in [2.05, 4.69) is 0 Å². The number of hydrogen-bond acceptors (Lipinski definition) is 4. The highest BCUT2D eigenvalue weighted by Gasteiger charge is 2.69. The lowest BCUT2D eigenvalue weighted by Gasteiger charge is -2.55. The third-order valence-electron chi connectivity index (χ3n) is 5.23. The summed E-state index contributed by atoms with van der Waals surface area (Å²) < 4.78 is 0. The van der Waals surface area contributed by atoms with E-state index in [-0.39, 0.29) is 0 Å². The van der Waals surface area contributed by atoms with Crippen LogP contribution in [-0.4, -0.2) is 38.2 Å². The zero-order valence-corrected chi connectivity index (χ0v) is 13.0. The molecule has 0 aliphatic heterocycles. The van der Waals surface area contributed by atoms with Gasteiger partial charge in [0.2, 0.25) is 0 Å². The van der Waals surface area contributed by atoms with Crippen LogP contribution < -0.4 is 0 Å². The summed E-state index contributed by atoms with van der Waals surface area (Å²) in [5, 5.41) is 20.2. The minimum atomic E-state index is -2.10. The molecule has 6 heteroatoms. The fourth-order valence-corrected chi connectivity index (χ4v) is 3.90. The Morgan fingerprint density at radius 3 is 2.52 bits per heavy atom. The molecule has 2 rings (SSSR count). The third-order valence-corrected chi connectivity index (χ3v) is 5.69. The Morgan fingerprint density at radius 2 is 2.00 bits per heavy atom. The van der Waals surface area contributed by atoms with Crippen LogP contribution in [0.3, 0.4) is 0 Å². The van der Waals surface area contributed by atoms with E-state index in [1.165, 1.54) is 26.0 Å². The standard InChI is InChI=1S/C15H19ClO5/c1-8(12(19)20)9-4-6-13(2)7-5-10(17)14(3,16)15(13,21)11(9)18/h5,7-9,21H,4,6H2,1-3H3,(H,19,20). The maximum absolute atomic E-state index is 12.8. The Morgan fingerprint density at radius 1 is 1.43 bits per heavy atom. The molecule has 0 radical (unpaired) electrons. The van der Waals surface area contributed by atoms with Crippen molar-refractivity contribution in [2.45, 2.75) is 44.1 Å². The molecule has 0 amide bonds. The lowest BCUT2D eigenvalue weighted by molar-refractivity contribution is -0.176. The predicted molar refractivity (Wildman–Crippen MR) is 76.0 cm³/mol. The van der Waals surface area contributed by atoms with Crippen LogP contribution in [0.2, 0.25) is 0 Å². The molecule has 0 aromatic carbocycles. The second-order valence-corrected chi connectivity index (χ2v) is 7.22. The third kappa shape index (κ3) is 1.90. The maximum atomic E-state index is 12.8. The van der Waals surface area contributed by atoms with Gasteiger partial charge in [-0.3, -0.25) is 14.4 Å². The molecular weight excluding hydrogens is 296 g/mol. The van der Waals surface area contributed by atoms with Crippen molar-refractivity contribution in [3.63, 3.8) is 0 Å². The number of carbonyl (C=O) groups excluding carboxylic acids is 2. The van der Waals surface area contributed by atoms with Crippen LogP contribution in [0.1, 0.15) is 33.6 Å². The number of carbonyl (C=O) groups is 3. The highest BCUT2D eigenvalue weighted by Crippen LogP contribution is 2.55. The van der Waals surface area contributed by atoms with E-state index >= 15 is 0 Å². The molecule has 2 N–H and O–H groups in total. The molecule has 5 atom stereocenters. The normalized spacial score (nSPS) is 44.3. The van der Waals surface area contributed by atoms with Crippen molar-refractivity contribution in [2.24, 2.45) is 17.3 Å². The van der Waals surface area contributed by atoms with E-state index in [9.17, 15) is 19.5 Å². The summed E-state index contributed by atoms with van der Waals surface area (Å²) in [4.78, 5) is 34.2. The highest BCUT2D eigenvalue weighted by molar-refractivity contribution is 6.40. The number of carboxylic acid groups (broad SMARTS) is 1. The fraction of sp³-hybridized carbons (Fsp3) is 0.667. The minimum absolute atomic E-state index is 0.344. The first-order chi connectivity index (χ1) is 9.49. The van der Waals surface area contributed by atoms with Crippen molar-refractivity contribution in [1.29, 1.82) is 0 Å². The molecule has 1 fully saturated rings. The molecule has 0 aromatic heterocycles. The van der Waals surface area contributed by atoms with E-state index < -0.39 is 45.3 Å². The Hall–Kier alpha value is -1.20. The number of Topliss-reactive ketones (excluding diaryl/α,β-unsaturated/α-hetero) is 1.